The van der Waals surface area contributed by atoms with Crippen LogP contribution in [-0.2, 0) is 13.1 Å². The number of carbonyl (C=O) groups excluding carboxylic acids is 1. The van der Waals surface area contributed by atoms with E-state index in [1.54, 1.807) is 18.2 Å². The molecule has 2 rings (SSSR count). The largest absolute Gasteiger partial charge is 0.366 e. The Balaban J connectivity index is 1.94. The van der Waals surface area contributed by atoms with Crippen molar-refractivity contribution in [2.24, 2.45) is 5.73 Å². The third-order valence-corrected chi connectivity index (χ3v) is 3.07. The van der Waals surface area contributed by atoms with E-state index < -0.39 is 11.7 Å². The Morgan fingerprint density at radius 1 is 1.19 bits per heavy atom. The van der Waals surface area contributed by atoms with Crippen molar-refractivity contribution in [3.63, 3.8) is 0 Å². The number of nitrogens with two attached hydrogens (primary N) is 1. The highest BCUT2D eigenvalue weighted by Crippen LogP contribution is 2.10. The van der Waals surface area contributed by atoms with Crippen LogP contribution in [0.2, 0.25) is 0 Å². The molecule has 3 N–H and O–H groups in total. The molecule has 2 aromatic carbocycles. The molecule has 0 saturated carbocycles. The molecule has 0 heterocycles. The van der Waals surface area contributed by atoms with Crippen molar-refractivity contribution in [3.8, 4) is 6.07 Å². The molecular formula is C16H14FN3O. The van der Waals surface area contributed by atoms with Crippen LogP contribution in [0.1, 0.15) is 27.0 Å². The van der Waals surface area contributed by atoms with Crippen LogP contribution in [0.3, 0.4) is 0 Å². The maximum absolute atomic E-state index is 13.8. The van der Waals surface area contributed by atoms with Crippen LogP contribution in [-0.4, -0.2) is 5.91 Å². The number of benzene rings is 2. The molecule has 5 heteroatoms. The fourth-order valence-corrected chi connectivity index (χ4v) is 1.88. The zero-order chi connectivity index (χ0) is 15.2. The van der Waals surface area contributed by atoms with E-state index in [0.717, 1.165) is 11.6 Å². The van der Waals surface area contributed by atoms with Gasteiger partial charge in [0, 0.05) is 24.2 Å². The fourth-order valence-electron chi connectivity index (χ4n) is 1.88. The third-order valence-electron chi connectivity index (χ3n) is 3.07. The van der Waals surface area contributed by atoms with Crippen molar-refractivity contribution in [2.75, 3.05) is 0 Å². The number of rotatable bonds is 5. The molecular weight excluding hydrogens is 269 g/mol. The van der Waals surface area contributed by atoms with Gasteiger partial charge in [0.05, 0.1) is 11.6 Å². The van der Waals surface area contributed by atoms with E-state index in [9.17, 15) is 9.18 Å². The van der Waals surface area contributed by atoms with Crippen LogP contribution in [0.5, 0.6) is 0 Å². The van der Waals surface area contributed by atoms with Crippen LogP contribution in [0.15, 0.2) is 42.5 Å². The first-order valence-corrected chi connectivity index (χ1v) is 6.38. The average molecular weight is 283 g/mol. The van der Waals surface area contributed by atoms with E-state index in [4.69, 9.17) is 11.0 Å². The zero-order valence-corrected chi connectivity index (χ0v) is 11.3. The van der Waals surface area contributed by atoms with E-state index in [1.165, 1.54) is 6.07 Å². The normalized spacial score (nSPS) is 10.1. The first kappa shape index (κ1) is 14.7. The van der Waals surface area contributed by atoms with Crippen molar-refractivity contribution in [3.05, 3.63) is 70.5 Å². The van der Waals surface area contributed by atoms with Gasteiger partial charge in [0.15, 0.2) is 0 Å². The molecule has 0 aromatic heterocycles. The average Bonchev–Trinajstić information content (AvgIpc) is 2.49. The van der Waals surface area contributed by atoms with Crippen LogP contribution in [0, 0.1) is 17.1 Å². The van der Waals surface area contributed by atoms with Gasteiger partial charge in [-0.15, -0.1) is 0 Å². The third kappa shape index (κ3) is 3.88. The van der Waals surface area contributed by atoms with Crippen molar-refractivity contribution >= 4 is 5.91 Å². The summed E-state index contributed by atoms with van der Waals surface area (Å²) in [6.07, 6.45) is 0. The summed E-state index contributed by atoms with van der Waals surface area (Å²) in [6, 6.07) is 13.4. The first-order valence-electron chi connectivity index (χ1n) is 6.38. The lowest BCUT2D eigenvalue weighted by Crippen LogP contribution is -2.15. The van der Waals surface area contributed by atoms with Crippen LogP contribution < -0.4 is 11.1 Å². The van der Waals surface area contributed by atoms with Crippen molar-refractivity contribution in [2.45, 2.75) is 13.1 Å². The van der Waals surface area contributed by atoms with Gasteiger partial charge < -0.3 is 11.1 Å². The van der Waals surface area contributed by atoms with Gasteiger partial charge >= 0.3 is 0 Å². The van der Waals surface area contributed by atoms with Gasteiger partial charge in [0.1, 0.15) is 5.82 Å². The number of amides is 1. The number of nitrogens with zero attached hydrogens (tertiary/aromatic N) is 1. The fraction of sp³-hybridized carbons (Fsp3) is 0.125. The molecule has 0 aliphatic carbocycles. The second kappa shape index (κ2) is 6.64. The molecule has 0 fully saturated rings. The lowest BCUT2D eigenvalue weighted by molar-refractivity contribution is 0.1000. The minimum absolute atomic E-state index is 0.156. The second-order valence-electron chi connectivity index (χ2n) is 4.58. The monoisotopic (exact) mass is 283 g/mol. The summed E-state index contributed by atoms with van der Waals surface area (Å²) < 4.78 is 13.8. The molecule has 0 spiro atoms. The molecule has 0 aliphatic heterocycles. The Bertz CT molecular complexity index is 690. The number of halogens is 1. The molecule has 0 bridgehead atoms. The van der Waals surface area contributed by atoms with Crippen LogP contribution >= 0.6 is 0 Å². The summed E-state index contributed by atoms with van der Waals surface area (Å²) in [5.74, 6) is -1.11. The maximum atomic E-state index is 13.8. The number of carbonyl (C=O) groups is 1. The predicted octanol–water partition coefficient (Wildman–Crippen LogP) is 2.09. The summed E-state index contributed by atoms with van der Waals surface area (Å²) in [5.41, 5.74) is 7.32. The number of hydrogen-bond donors (Lipinski definition) is 2. The molecule has 2 aromatic rings. The van der Waals surface area contributed by atoms with E-state index in [2.05, 4.69) is 11.4 Å². The molecule has 0 aliphatic rings. The second-order valence-corrected chi connectivity index (χ2v) is 4.58. The van der Waals surface area contributed by atoms with Crippen LogP contribution in [0.4, 0.5) is 4.39 Å². The van der Waals surface area contributed by atoms with Gasteiger partial charge in [-0.25, -0.2) is 4.39 Å². The van der Waals surface area contributed by atoms with Gasteiger partial charge in [-0.2, -0.15) is 5.26 Å². The summed E-state index contributed by atoms with van der Waals surface area (Å²) in [4.78, 5) is 10.9. The van der Waals surface area contributed by atoms with Gasteiger partial charge in [-0.05, 0) is 29.8 Å². The Morgan fingerprint density at radius 2 is 1.90 bits per heavy atom. The van der Waals surface area contributed by atoms with Crippen molar-refractivity contribution in [1.82, 2.24) is 5.32 Å². The van der Waals surface area contributed by atoms with Gasteiger partial charge in [0.2, 0.25) is 5.91 Å². The Hall–Kier alpha value is -2.71. The quantitative estimate of drug-likeness (QED) is 0.881. The van der Waals surface area contributed by atoms with Crippen LogP contribution in [0.25, 0.3) is 0 Å². The summed E-state index contributed by atoms with van der Waals surface area (Å²) >= 11 is 0. The number of primary amides is 1. The summed E-state index contributed by atoms with van der Waals surface area (Å²) in [6.45, 7) is 0.896. The molecule has 4 nitrogen and oxygen atoms in total. The number of hydrogen-bond acceptors (Lipinski definition) is 3. The Kier molecular flexibility index (Phi) is 4.64. The highest BCUT2D eigenvalue weighted by Gasteiger charge is 2.06. The zero-order valence-electron chi connectivity index (χ0n) is 11.3. The van der Waals surface area contributed by atoms with Gasteiger partial charge in [0.25, 0.3) is 0 Å². The first-order chi connectivity index (χ1) is 10.1. The topological polar surface area (TPSA) is 78.9 Å². The van der Waals surface area contributed by atoms with E-state index in [-0.39, 0.29) is 5.56 Å². The predicted molar refractivity (Wildman–Crippen MR) is 76.6 cm³/mol. The molecule has 0 atom stereocenters. The minimum atomic E-state index is -0.647. The molecule has 0 unspecified atom stereocenters. The molecule has 0 radical (unpaired) electrons. The van der Waals surface area contributed by atoms with E-state index in [0.29, 0.717) is 24.2 Å². The van der Waals surface area contributed by atoms with E-state index >= 15 is 0 Å². The van der Waals surface area contributed by atoms with Gasteiger partial charge in [-0.3, -0.25) is 4.79 Å². The summed E-state index contributed by atoms with van der Waals surface area (Å²) in [7, 11) is 0. The lowest BCUT2D eigenvalue weighted by atomic mass is 10.1. The highest BCUT2D eigenvalue weighted by atomic mass is 19.1. The molecule has 106 valence electrons. The highest BCUT2D eigenvalue weighted by molar-refractivity contribution is 5.92. The Labute approximate surface area is 122 Å². The van der Waals surface area contributed by atoms with Crippen molar-refractivity contribution < 1.29 is 9.18 Å². The standard InChI is InChI=1S/C16H14FN3O/c17-15-7-13(16(19)21)5-6-14(15)10-20-9-12-3-1-11(8-18)2-4-12/h1-7,20H,9-10H2,(H2,19,21). The minimum Gasteiger partial charge on any atom is -0.366 e. The summed E-state index contributed by atoms with van der Waals surface area (Å²) in [5, 5.41) is 11.8. The Morgan fingerprint density at radius 3 is 2.48 bits per heavy atom. The molecule has 21 heavy (non-hydrogen) atoms. The number of nitrogens with one attached hydrogen (secondary N) is 1. The molecule has 0 saturated heterocycles. The van der Waals surface area contributed by atoms with E-state index in [1.807, 2.05) is 12.1 Å². The lowest BCUT2D eigenvalue weighted by Gasteiger charge is -2.07. The number of nitriles is 1. The molecule has 1 amide bonds. The SMILES string of the molecule is N#Cc1ccc(CNCc2ccc(C(N)=O)cc2F)cc1. The van der Waals surface area contributed by atoms with Gasteiger partial charge in [-0.1, -0.05) is 18.2 Å². The van der Waals surface area contributed by atoms with Crippen molar-refractivity contribution in [1.29, 1.82) is 5.26 Å². The smallest absolute Gasteiger partial charge is 0.248 e. The maximum Gasteiger partial charge on any atom is 0.248 e.